The molecule has 3 rings (SSSR count). The van der Waals surface area contributed by atoms with Crippen LogP contribution >= 0.6 is 0 Å². The lowest BCUT2D eigenvalue weighted by molar-refractivity contribution is 0.560. The second-order valence-corrected chi connectivity index (χ2v) is 6.42. The standard InChI is InChI=1S/C17H19N5O/c1-17(2,3)14-5-4-13(10-20-14)12-22-16(23)6-9-21(22)15-11-18-7-8-19-15/h4-11H,12H2,1-3H3. The normalized spacial score (nSPS) is 11.6. The summed E-state index contributed by atoms with van der Waals surface area (Å²) >= 11 is 0. The molecule has 6 heteroatoms. The van der Waals surface area contributed by atoms with Gasteiger partial charge in [0.25, 0.3) is 5.56 Å². The van der Waals surface area contributed by atoms with Gasteiger partial charge in [-0.15, -0.1) is 0 Å². The van der Waals surface area contributed by atoms with Gasteiger partial charge in [0.05, 0.1) is 12.7 Å². The van der Waals surface area contributed by atoms with E-state index in [1.807, 2.05) is 18.3 Å². The average molecular weight is 309 g/mol. The van der Waals surface area contributed by atoms with Crippen LogP contribution in [-0.4, -0.2) is 24.3 Å². The molecule has 3 aromatic rings. The zero-order valence-corrected chi connectivity index (χ0v) is 13.5. The van der Waals surface area contributed by atoms with Crippen molar-refractivity contribution in [1.29, 1.82) is 0 Å². The summed E-state index contributed by atoms with van der Waals surface area (Å²) in [7, 11) is 0. The molecule has 0 aromatic carbocycles. The number of nitrogens with zero attached hydrogens (tertiary/aromatic N) is 5. The van der Waals surface area contributed by atoms with Gasteiger partial charge in [-0.25, -0.2) is 14.3 Å². The van der Waals surface area contributed by atoms with Gasteiger partial charge in [-0.3, -0.25) is 14.8 Å². The van der Waals surface area contributed by atoms with Crippen molar-refractivity contribution in [2.45, 2.75) is 32.7 Å². The summed E-state index contributed by atoms with van der Waals surface area (Å²) in [6, 6.07) is 5.54. The monoisotopic (exact) mass is 309 g/mol. The van der Waals surface area contributed by atoms with Crippen molar-refractivity contribution in [2.75, 3.05) is 0 Å². The molecule has 0 unspecified atom stereocenters. The predicted molar refractivity (Wildman–Crippen MR) is 87.7 cm³/mol. The molecule has 0 saturated carbocycles. The van der Waals surface area contributed by atoms with Crippen LogP contribution in [0.15, 0.2) is 54.0 Å². The van der Waals surface area contributed by atoms with E-state index in [9.17, 15) is 4.79 Å². The lowest BCUT2D eigenvalue weighted by atomic mass is 9.91. The van der Waals surface area contributed by atoms with Crippen molar-refractivity contribution >= 4 is 0 Å². The van der Waals surface area contributed by atoms with E-state index in [1.54, 1.807) is 34.2 Å². The predicted octanol–water partition coefficient (Wildman–Crippen LogP) is 2.17. The highest BCUT2D eigenvalue weighted by Gasteiger charge is 2.15. The molecule has 0 spiro atoms. The lowest BCUT2D eigenvalue weighted by Gasteiger charge is -2.18. The van der Waals surface area contributed by atoms with E-state index in [2.05, 4.69) is 35.7 Å². The fraction of sp³-hybridized carbons (Fsp3) is 0.294. The van der Waals surface area contributed by atoms with Crippen LogP contribution in [0.2, 0.25) is 0 Å². The smallest absolute Gasteiger partial charge is 0.267 e. The Balaban J connectivity index is 1.92. The van der Waals surface area contributed by atoms with Gasteiger partial charge in [0.15, 0.2) is 5.82 Å². The largest absolute Gasteiger partial charge is 0.268 e. The Bertz CT molecular complexity index is 841. The fourth-order valence-electron chi connectivity index (χ4n) is 2.31. The number of hydrogen-bond acceptors (Lipinski definition) is 4. The van der Waals surface area contributed by atoms with Crippen molar-refractivity contribution in [2.24, 2.45) is 0 Å². The summed E-state index contributed by atoms with van der Waals surface area (Å²) in [5, 5.41) is 0. The van der Waals surface area contributed by atoms with Crippen LogP contribution in [0.1, 0.15) is 32.0 Å². The van der Waals surface area contributed by atoms with E-state index < -0.39 is 0 Å². The molecule has 118 valence electrons. The van der Waals surface area contributed by atoms with Crippen molar-refractivity contribution in [3.63, 3.8) is 0 Å². The molecule has 0 atom stereocenters. The van der Waals surface area contributed by atoms with E-state index in [-0.39, 0.29) is 11.0 Å². The minimum absolute atomic E-state index is 0.00914. The minimum Gasteiger partial charge on any atom is -0.268 e. The van der Waals surface area contributed by atoms with Crippen LogP contribution in [0.3, 0.4) is 0 Å². The topological polar surface area (TPSA) is 65.6 Å². The highest BCUT2D eigenvalue weighted by atomic mass is 16.1. The molecule has 6 nitrogen and oxygen atoms in total. The van der Waals surface area contributed by atoms with Crippen molar-refractivity contribution in [1.82, 2.24) is 24.3 Å². The van der Waals surface area contributed by atoms with Crippen molar-refractivity contribution < 1.29 is 0 Å². The zero-order chi connectivity index (χ0) is 16.4. The molecule has 0 aliphatic heterocycles. The first-order valence-electron chi connectivity index (χ1n) is 7.45. The van der Waals surface area contributed by atoms with Gasteiger partial charge in [-0.05, 0) is 11.6 Å². The van der Waals surface area contributed by atoms with E-state index in [1.165, 1.54) is 6.07 Å². The number of aromatic nitrogens is 5. The molecule has 3 heterocycles. The fourth-order valence-corrected chi connectivity index (χ4v) is 2.31. The average Bonchev–Trinajstić information content (AvgIpc) is 2.89. The Hall–Kier alpha value is -2.76. The van der Waals surface area contributed by atoms with Crippen LogP contribution in [0.4, 0.5) is 0 Å². The Morgan fingerprint density at radius 1 is 1.04 bits per heavy atom. The van der Waals surface area contributed by atoms with Crippen LogP contribution in [-0.2, 0) is 12.0 Å². The van der Waals surface area contributed by atoms with E-state index in [4.69, 9.17) is 0 Å². The van der Waals surface area contributed by atoms with Gasteiger partial charge in [0.1, 0.15) is 0 Å². The summed E-state index contributed by atoms with van der Waals surface area (Å²) in [4.78, 5) is 24.9. The Morgan fingerprint density at radius 2 is 1.87 bits per heavy atom. The first-order chi connectivity index (χ1) is 10.9. The Morgan fingerprint density at radius 3 is 2.48 bits per heavy atom. The summed E-state index contributed by atoms with van der Waals surface area (Å²) < 4.78 is 3.31. The Labute approximate surface area is 134 Å². The summed E-state index contributed by atoms with van der Waals surface area (Å²) in [5.74, 6) is 0.605. The van der Waals surface area contributed by atoms with E-state index >= 15 is 0 Å². The molecule has 0 bridgehead atoms. The highest BCUT2D eigenvalue weighted by Crippen LogP contribution is 2.19. The third-order valence-electron chi connectivity index (χ3n) is 3.58. The van der Waals surface area contributed by atoms with Crippen LogP contribution in [0.25, 0.3) is 5.82 Å². The molecule has 0 N–H and O–H groups in total. The quantitative estimate of drug-likeness (QED) is 0.744. The third kappa shape index (κ3) is 3.21. The van der Waals surface area contributed by atoms with Gasteiger partial charge in [0.2, 0.25) is 0 Å². The highest BCUT2D eigenvalue weighted by molar-refractivity contribution is 5.21. The third-order valence-corrected chi connectivity index (χ3v) is 3.58. The number of hydrogen-bond donors (Lipinski definition) is 0. The number of rotatable bonds is 3. The molecule has 0 fully saturated rings. The maximum atomic E-state index is 12.1. The summed E-state index contributed by atoms with van der Waals surface area (Å²) in [6.07, 6.45) is 8.34. The van der Waals surface area contributed by atoms with Crippen LogP contribution in [0.5, 0.6) is 0 Å². The van der Waals surface area contributed by atoms with Crippen LogP contribution in [0, 0.1) is 0 Å². The molecule has 23 heavy (non-hydrogen) atoms. The lowest BCUT2D eigenvalue weighted by Crippen LogP contribution is -2.23. The molecule has 0 aliphatic rings. The second kappa shape index (κ2) is 5.79. The van der Waals surface area contributed by atoms with E-state index in [0.29, 0.717) is 12.4 Å². The molecule has 0 radical (unpaired) electrons. The zero-order valence-electron chi connectivity index (χ0n) is 13.5. The minimum atomic E-state index is -0.0875. The second-order valence-electron chi connectivity index (χ2n) is 6.42. The maximum absolute atomic E-state index is 12.1. The first-order valence-corrected chi connectivity index (χ1v) is 7.45. The van der Waals surface area contributed by atoms with Gasteiger partial charge in [-0.2, -0.15) is 0 Å². The molecular formula is C17H19N5O. The molecule has 0 aliphatic carbocycles. The molecule has 0 saturated heterocycles. The summed E-state index contributed by atoms with van der Waals surface area (Å²) in [5.41, 5.74) is 1.91. The van der Waals surface area contributed by atoms with Crippen LogP contribution < -0.4 is 5.56 Å². The van der Waals surface area contributed by atoms with Crippen molar-refractivity contribution in [3.05, 3.63) is 70.8 Å². The maximum Gasteiger partial charge on any atom is 0.267 e. The van der Waals surface area contributed by atoms with E-state index in [0.717, 1.165) is 11.3 Å². The molecule has 3 aromatic heterocycles. The van der Waals surface area contributed by atoms with Gasteiger partial charge in [0, 0.05) is 42.0 Å². The van der Waals surface area contributed by atoms with Gasteiger partial charge < -0.3 is 0 Å². The molecular weight excluding hydrogens is 290 g/mol. The van der Waals surface area contributed by atoms with Crippen molar-refractivity contribution in [3.8, 4) is 5.82 Å². The number of pyridine rings is 1. The molecule has 0 amide bonds. The Kier molecular flexibility index (Phi) is 3.82. The van der Waals surface area contributed by atoms with Gasteiger partial charge >= 0.3 is 0 Å². The SMILES string of the molecule is CC(C)(C)c1ccc(Cn2c(=O)ccn2-c2cnccn2)cn1. The van der Waals surface area contributed by atoms with Gasteiger partial charge in [-0.1, -0.05) is 26.8 Å². The first kappa shape index (κ1) is 15.1. The summed E-state index contributed by atoms with van der Waals surface area (Å²) in [6.45, 7) is 6.80.